The Balaban J connectivity index is 1.17. The molecule has 0 atom stereocenters. The van der Waals surface area contributed by atoms with E-state index < -0.39 is 0 Å². The van der Waals surface area contributed by atoms with Gasteiger partial charge in [-0.05, 0) is 141 Å². The first-order valence-electron chi connectivity index (χ1n) is 20.3. The summed E-state index contributed by atoms with van der Waals surface area (Å²) in [6, 6.07) is 70.6. The summed E-state index contributed by atoms with van der Waals surface area (Å²) in [5.41, 5.74) is 12.5. The summed E-state index contributed by atoms with van der Waals surface area (Å²) >= 11 is 0. The molecule has 10 aromatic carbocycles. The first kappa shape index (κ1) is 34.6. The van der Waals surface area contributed by atoms with Crippen molar-refractivity contribution in [2.75, 3.05) is 0 Å². The van der Waals surface area contributed by atoms with Crippen molar-refractivity contribution >= 4 is 75.9 Å². The molecule has 0 aliphatic rings. The van der Waals surface area contributed by atoms with Crippen molar-refractivity contribution in [3.05, 3.63) is 235 Å². The summed E-state index contributed by atoms with van der Waals surface area (Å²) in [4.78, 5) is 4.75. The number of pyridine rings is 1. The van der Waals surface area contributed by atoms with Gasteiger partial charge >= 0.3 is 0 Å². The van der Waals surface area contributed by atoms with E-state index in [1.165, 1.54) is 81.7 Å². The van der Waals surface area contributed by atoms with Gasteiger partial charge in [0.05, 0.1) is 5.52 Å². The van der Waals surface area contributed by atoms with E-state index in [-0.39, 0.29) is 0 Å². The zero-order chi connectivity index (χ0) is 39.5. The number of aromatic nitrogens is 1. The molecule has 11 rings (SSSR count). The average Bonchev–Trinajstić information content (AvgIpc) is 3.30. The van der Waals surface area contributed by atoms with Gasteiger partial charge in [0.15, 0.2) is 0 Å². The van der Waals surface area contributed by atoms with Crippen LogP contribution in [0, 0.1) is 6.92 Å². The van der Waals surface area contributed by atoms with Crippen LogP contribution in [0.2, 0.25) is 0 Å². The molecule has 0 aliphatic carbocycles. The van der Waals surface area contributed by atoms with E-state index in [1.807, 2.05) is 12.3 Å². The molecular weight excluding hydrogens is 711 g/mol. The van der Waals surface area contributed by atoms with E-state index >= 15 is 0 Å². The molecule has 0 saturated carbocycles. The van der Waals surface area contributed by atoms with E-state index in [0.29, 0.717) is 0 Å². The van der Waals surface area contributed by atoms with Crippen LogP contribution in [0.1, 0.15) is 22.3 Å². The highest BCUT2D eigenvalue weighted by atomic mass is 14.6. The van der Waals surface area contributed by atoms with Crippen LogP contribution in [0.15, 0.2) is 213 Å². The van der Waals surface area contributed by atoms with E-state index in [9.17, 15) is 0 Å². The van der Waals surface area contributed by atoms with Gasteiger partial charge in [-0.3, -0.25) is 4.98 Å². The number of fused-ring (bicyclic) bond motifs is 8. The Morgan fingerprint density at radius 2 is 0.898 bits per heavy atom. The first-order valence-corrected chi connectivity index (χ1v) is 20.3. The molecule has 0 spiro atoms. The molecule has 0 bridgehead atoms. The number of hydrogen-bond acceptors (Lipinski definition) is 1. The van der Waals surface area contributed by atoms with Gasteiger partial charge in [-0.15, -0.1) is 0 Å². The molecule has 1 nitrogen and oxygen atoms in total. The number of allylic oxidation sites excluding steroid dienone is 2. The monoisotopic (exact) mass is 749 g/mol. The molecule has 0 saturated heterocycles. The Hall–Kier alpha value is -7.61. The number of benzene rings is 10. The molecule has 11 aromatic rings. The quantitative estimate of drug-likeness (QED) is 0.122. The van der Waals surface area contributed by atoms with Crippen molar-refractivity contribution in [3.63, 3.8) is 0 Å². The van der Waals surface area contributed by atoms with E-state index in [1.54, 1.807) is 0 Å². The normalized spacial score (nSPS) is 12.0. The highest BCUT2D eigenvalue weighted by Gasteiger charge is 2.20. The van der Waals surface area contributed by atoms with Crippen molar-refractivity contribution in [1.29, 1.82) is 0 Å². The lowest BCUT2D eigenvalue weighted by Crippen LogP contribution is -1.98. The topological polar surface area (TPSA) is 12.9 Å². The molecule has 0 amide bonds. The lowest BCUT2D eigenvalue weighted by atomic mass is 9.83. The molecule has 0 radical (unpaired) electrons. The predicted octanol–water partition coefficient (Wildman–Crippen LogP) is 15.8. The van der Waals surface area contributed by atoms with Gasteiger partial charge in [0.1, 0.15) is 0 Å². The Labute approximate surface area is 343 Å². The van der Waals surface area contributed by atoms with Gasteiger partial charge in [0.2, 0.25) is 0 Å². The van der Waals surface area contributed by atoms with Crippen molar-refractivity contribution in [2.24, 2.45) is 0 Å². The fourth-order valence-corrected chi connectivity index (χ4v) is 9.36. The molecule has 1 heterocycles. The summed E-state index contributed by atoms with van der Waals surface area (Å²) in [6.07, 6.45) is 4.23. The maximum absolute atomic E-state index is 4.87. The van der Waals surface area contributed by atoms with Crippen molar-refractivity contribution in [3.8, 4) is 22.3 Å². The maximum atomic E-state index is 4.87. The summed E-state index contributed by atoms with van der Waals surface area (Å²) in [5, 5.41) is 13.4. The van der Waals surface area contributed by atoms with Crippen LogP contribution in [0.4, 0.5) is 0 Å². The third kappa shape index (κ3) is 5.82. The molecule has 276 valence electrons. The fraction of sp³-hybridized carbons (Fsp3) is 0.0172. The fourth-order valence-electron chi connectivity index (χ4n) is 9.36. The first-order chi connectivity index (χ1) is 29.1. The Bertz CT molecular complexity index is 3510. The SMILES string of the molecule is C=C(/C=C(\c1cc(-c2ccc(-c3cccc4cccnc34)cc2)c2ccccc2c1C)c1cc2ccccc2c2ccccc12)c1cc2ccccc2c2ccccc12. The van der Waals surface area contributed by atoms with Crippen LogP contribution in [-0.2, 0) is 0 Å². The molecule has 1 aromatic heterocycles. The van der Waals surface area contributed by atoms with E-state index in [0.717, 1.165) is 38.7 Å². The minimum atomic E-state index is 0.973. The van der Waals surface area contributed by atoms with Gasteiger partial charge in [-0.1, -0.05) is 176 Å². The highest BCUT2D eigenvalue weighted by molar-refractivity contribution is 6.17. The Kier molecular flexibility index (Phi) is 8.27. The molecular formula is C58H39N. The van der Waals surface area contributed by atoms with E-state index in [2.05, 4.69) is 201 Å². The third-order valence-corrected chi connectivity index (χ3v) is 12.2. The number of aryl methyl sites for hydroxylation is 1. The summed E-state index contributed by atoms with van der Waals surface area (Å²) in [6.45, 7) is 7.15. The second kappa shape index (κ2) is 14.1. The van der Waals surface area contributed by atoms with Gasteiger partial charge in [0.25, 0.3) is 0 Å². The van der Waals surface area contributed by atoms with Crippen LogP contribution in [0.3, 0.4) is 0 Å². The molecule has 0 N–H and O–H groups in total. The number of nitrogens with zero attached hydrogens (tertiary/aromatic N) is 1. The lowest BCUT2D eigenvalue weighted by Gasteiger charge is -2.21. The molecule has 1 heteroatoms. The lowest BCUT2D eigenvalue weighted by molar-refractivity contribution is 1.41. The summed E-state index contributed by atoms with van der Waals surface area (Å²) < 4.78 is 0. The third-order valence-electron chi connectivity index (χ3n) is 12.2. The summed E-state index contributed by atoms with van der Waals surface area (Å²) in [5.74, 6) is 0. The highest BCUT2D eigenvalue weighted by Crippen LogP contribution is 2.43. The van der Waals surface area contributed by atoms with Crippen LogP contribution in [0.5, 0.6) is 0 Å². The second-order valence-corrected chi connectivity index (χ2v) is 15.6. The van der Waals surface area contributed by atoms with Gasteiger partial charge < -0.3 is 0 Å². The molecule has 0 unspecified atom stereocenters. The van der Waals surface area contributed by atoms with Crippen LogP contribution < -0.4 is 0 Å². The standard InChI is InChI=1S/C58H39N/c1-37(53-34-42-15-3-5-20-45(42)49-23-9-11-25-51(49)53)33-56(57-35-43-16-4-6-21-46(43)50-24-10-12-26-52(50)57)54-36-55(48-22-8-7-19-44(48)38(54)2)40-30-28-39(29-31-40)47-27-13-17-41-18-14-32-59-58(41)47/h3-36H,1H2,2H3/b56-33+. The minimum absolute atomic E-state index is 0.973. The van der Waals surface area contributed by atoms with Gasteiger partial charge in [-0.25, -0.2) is 0 Å². The van der Waals surface area contributed by atoms with Crippen molar-refractivity contribution < 1.29 is 0 Å². The zero-order valence-electron chi connectivity index (χ0n) is 32.8. The smallest absolute Gasteiger partial charge is 0.0780 e. The number of para-hydroxylation sites is 1. The number of rotatable bonds is 6. The Morgan fingerprint density at radius 3 is 1.56 bits per heavy atom. The second-order valence-electron chi connectivity index (χ2n) is 15.6. The summed E-state index contributed by atoms with van der Waals surface area (Å²) in [7, 11) is 0. The maximum Gasteiger partial charge on any atom is 0.0780 e. The van der Waals surface area contributed by atoms with Crippen LogP contribution in [-0.4, -0.2) is 4.98 Å². The Morgan fingerprint density at radius 1 is 0.407 bits per heavy atom. The van der Waals surface area contributed by atoms with Crippen molar-refractivity contribution in [2.45, 2.75) is 6.92 Å². The number of hydrogen-bond donors (Lipinski definition) is 0. The van der Waals surface area contributed by atoms with Crippen LogP contribution in [0.25, 0.3) is 98.2 Å². The molecule has 0 fully saturated rings. The molecule has 59 heavy (non-hydrogen) atoms. The van der Waals surface area contributed by atoms with E-state index in [4.69, 9.17) is 11.6 Å². The minimum Gasteiger partial charge on any atom is -0.256 e. The average molecular weight is 750 g/mol. The van der Waals surface area contributed by atoms with Crippen LogP contribution >= 0.6 is 0 Å². The van der Waals surface area contributed by atoms with Crippen molar-refractivity contribution in [1.82, 2.24) is 4.98 Å². The largest absolute Gasteiger partial charge is 0.256 e. The predicted molar refractivity (Wildman–Crippen MR) is 254 cm³/mol. The van der Waals surface area contributed by atoms with Gasteiger partial charge in [-0.2, -0.15) is 0 Å². The zero-order valence-corrected chi connectivity index (χ0v) is 32.8. The molecule has 0 aliphatic heterocycles. The van der Waals surface area contributed by atoms with Gasteiger partial charge in [0, 0.05) is 17.1 Å².